The number of carbonyl (C=O) groups excluding carboxylic acids is 1. The number of nitrogen functional groups attached to an aromatic ring is 1. The highest BCUT2D eigenvalue weighted by atomic mass is 32.2. The zero-order valence-corrected chi connectivity index (χ0v) is 17.5. The van der Waals surface area contributed by atoms with E-state index in [0.29, 0.717) is 4.34 Å². The van der Waals surface area contributed by atoms with Crippen LogP contribution in [0.15, 0.2) is 18.3 Å². The van der Waals surface area contributed by atoms with Crippen molar-refractivity contribution in [2.45, 2.75) is 35.0 Å². The molecule has 2 aromatic heterocycles. The van der Waals surface area contributed by atoms with E-state index in [1.165, 1.54) is 30.2 Å². The fourth-order valence-electron chi connectivity index (χ4n) is 2.08. The molecule has 2 heterocycles. The van der Waals surface area contributed by atoms with Crippen LogP contribution in [-0.2, 0) is 11.3 Å². The van der Waals surface area contributed by atoms with E-state index in [1.54, 1.807) is 11.8 Å². The van der Waals surface area contributed by atoms with Gasteiger partial charge in [-0.1, -0.05) is 48.2 Å². The fraction of sp³-hybridized carbons (Fsp3) is 0.533. The number of anilines is 1. The third-order valence-corrected chi connectivity index (χ3v) is 6.75. The number of hydrogen-bond donors (Lipinski definition) is 2. The van der Waals surface area contributed by atoms with Crippen molar-refractivity contribution >= 4 is 46.5 Å². The first-order valence-electron chi connectivity index (χ1n) is 8.21. The maximum atomic E-state index is 12.5. The minimum Gasteiger partial charge on any atom is -0.384 e. The Balaban J connectivity index is 2.07. The summed E-state index contributed by atoms with van der Waals surface area (Å²) < 4.78 is 7.53. The molecule has 148 valence electrons. The quantitative estimate of drug-likeness (QED) is 0.308. The zero-order valence-electron chi connectivity index (χ0n) is 15.0. The molecule has 0 bridgehead atoms. The molecule has 9 nitrogen and oxygen atoms in total. The Morgan fingerprint density at radius 3 is 2.67 bits per heavy atom. The molecule has 0 fully saturated rings. The largest absolute Gasteiger partial charge is 0.384 e. The van der Waals surface area contributed by atoms with Gasteiger partial charge in [0.05, 0.1) is 18.9 Å². The number of methoxy groups -OCH3 is 1. The van der Waals surface area contributed by atoms with Crippen LogP contribution in [0.25, 0.3) is 0 Å². The van der Waals surface area contributed by atoms with Gasteiger partial charge in [-0.25, -0.2) is 4.79 Å². The lowest BCUT2D eigenvalue weighted by Crippen LogP contribution is -2.37. The number of ether oxygens (including phenoxy) is 1. The normalized spacial score (nSPS) is 11.0. The second kappa shape index (κ2) is 10.6. The summed E-state index contributed by atoms with van der Waals surface area (Å²) in [6, 6.07) is 0. The molecule has 0 unspecified atom stereocenters. The van der Waals surface area contributed by atoms with Gasteiger partial charge in [-0.05, 0) is 6.42 Å². The van der Waals surface area contributed by atoms with E-state index in [9.17, 15) is 14.4 Å². The Bertz CT molecular complexity index is 892. The number of aromatic nitrogens is 4. The molecule has 0 radical (unpaired) electrons. The third-order valence-electron chi connectivity index (χ3n) is 3.48. The van der Waals surface area contributed by atoms with Crippen LogP contribution in [0.4, 0.5) is 5.82 Å². The van der Waals surface area contributed by atoms with Crippen LogP contribution in [0.3, 0.4) is 0 Å². The van der Waals surface area contributed by atoms with Crippen molar-refractivity contribution in [3.8, 4) is 0 Å². The van der Waals surface area contributed by atoms with Gasteiger partial charge in [0, 0.05) is 12.9 Å². The van der Waals surface area contributed by atoms with Crippen LogP contribution in [-0.4, -0.2) is 50.8 Å². The van der Waals surface area contributed by atoms with Crippen LogP contribution >= 0.6 is 34.9 Å². The van der Waals surface area contributed by atoms with E-state index in [4.69, 9.17) is 10.5 Å². The summed E-state index contributed by atoms with van der Waals surface area (Å²) in [7, 11) is 1.48. The smallest absolute Gasteiger partial charge is 0.330 e. The Labute approximate surface area is 168 Å². The topological polar surface area (TPSA) is 133 Å². The van der Waals surface area contributed by atoms with Crippen LogP contribution in [0, 0.1) is 0 Å². The van der Waals surface area contributed by atoms with Crippen molar-refractivity contribution in [3.63, 3.8) is 0 Å². The number of ketones is 1. The molecule has 0 aromatic carbocycles. The first-order valence-corrected chi connectivity index (χ1v) is 11.0. The van der Waals surface area contributed by atoms with E-state index in [0.717, 1.165) is 27.5 Å². The maximum absolute atomic E-state index is 12.5. The third kappa shape index (κ3) is 5.92. The van der Waals surface area contributed by atoms with Gasteiger partial charge < -0.3 is 10.5 Å². The Kier molecular flexibility index (Phi) is 8.54. The molecule has 27 heavy (non-hydrogen) atoms. The number of H-pyrrole nitrogens is 1. The van der Waals surface area contributed by atoms with Crippen LogP contribution in [0.2, 0.25) is 0 Å². The molecule has 0 aliphatic carbocycles. The van der Waals surface area contributed by atoms with Crippen LogP contribution < -0.4 is 17.0 Å². The number of thioether (sulfide) groups is 2. The van der Waals surface area contributed by atoms with Crippen molar-refractivity contribution in [1.82, 2.24) is 19.7 Å². The first kappa shape index (κ1) is 21.7. The molecule has 0 atom stereocenters. The fourth-order valence-corrected chi connectivity index (χ4v) is 5.13. The van der Waals surface area contributed by atoms with Crippen molar-refractivity contribution in [2.75, 3.05) is 31.0 Å². The minimum atomic E-state index is -0.787. The molecule has 0 saturated heterocycles. The van der Waals surface area contributed by atoms with Gasteiger partial charge >= 0.3 is 5.69 Å². The molecule has 0 aliphatic heterocycles. The minimum absolute atomic E-state index is 0.0238. The van der Waals surface area contributed by atoms with E-state index < -0.39 is 17.0 Å². The molecule has 3 N–H and O–H groups in total. The average Bonchev–Trinajstić information content (AvgIpc) is 3.07. The second-order valence-corrected chi connectivity index (χ2v) is 8.95. The number of carbonyl (C=O) groups is 1. The van der Waals surface area contributed by atoms with E-state index in [-0.39, 0.29) is 30.3 Å². The standard InChI is InChI=1S/C15H21N5O4S3/c1-3-4-7-25-14-18-19-15(27-14)26-8-9(21)10-11(16)20(5-6-24-2)13(23)17-12(10)22/h3-8,16H2,1-2H3,(H,17,22,23). The molecule has 12 heteroatoms. The summed E-state index contributed by atoms with van der Waals surface area (Å²) in [5.41, 5.74) is 4.22. The summed E-state index contributed by atoms with van der Waals surface area (Å²) in [6.07, 6.45) is 2.22. The highest BCUT2D eigenvalue weighted by Gasteiger charge is 2.20. The average molecular weight is 432 g/mol. The number of unbranched alkanes of at least 4 members (excludes halogenated alkanes) is 1. The van der Waals surface area contributed by atoms with Crippen LogP contribution in [0.5, 0.6) is 0 Å². The number of hydrogen-bond acceptors (Lipinski definition) is 10. The number of nitrogens with two attached hydrogens (primary N) is 1. The second-order valence-electron chi connectivity index (χ2n) is 5.41. The van der Waals surface area contributed by atoms with Crippen molar-refractivity contribution in [1.29, 1.82) is 0 Å². The SMILES string of the molecule is CCCCSc1nnc(SCC(=O)c2c(N)n(CCOC)c(=O)[nH]c2=O)s1. The van der Waals surface area contributed by atoms with Gasteiger partial charge in [0.15, 0.2) is 14.5 Å². The molecule has 0 saturated carbocycles. The Hall–Kier alpha value is -1.63. The van der Waals surface area contributed by atoms with Gasteiger partial charge in [0.2, 0.25) is 0 Å². The first-order chi connectivity index (χ1) is 13.0. The van der Waals surface area contributed by atoms with E-state index in [2.05, 4.69) is 22.1 Å². The lowest BCUT2D eigenvalue weighted by molar-refractivity contribution is 0.102. The number of Topliss-reactive ketones (excluding diaryl/α,β-unsaturated/α-hetero) is 1. The number of aromatic amines is 1. The molecule has 2 rings (SSSR count). The van der Waals surface area contributed by atoms with Gasteiger partial charge in [0.1, 0.15) is 11.4 Å². The molecular weight excluding hydrogens is 410 g/mol. The molecule has 2 aromatic rings. The summed E-state index contributed by atoms with van der Waals surface area (Å²) >= 11 is 4.23. The lowest BCUT2D eigenvalue weighted by Gasteiger charge is -2.11. The lowest BCUT2D eigenvalue weighted by atomic mass is 10.2. The Morgan fingerprint density at radius 1 is 1.30 bits per heavy atom. The summed E-state index contributed by atoms with van der Waals surface area (Å²) in [6.45, 7) is 2.49. The summed E-state index contributed by atoms with van der Waals surface area (Å²) in [4.78, 5) is 38.5. The molecule has 0 amide bonds. The van der Waals surface area contributed by atoms with E-state index in [1.807, 2.05) is 0 Å². The van der Waals surface area contributed by atoms with Crippen LogP contribution in [0.1, 0.15) is 30.1 Å². The number of nitrogens with one attached hydrogen (secondary N) is 1. The monoisotopic (exact) mass is 431 g/mol. The number of rotatable bonds is 11. The summed E-state index contributed by atoms with van der Waals surface area (Å²) in [5, 5.41) is 8.13. The molecule has 0 spiro atoms. The Morgan fingerprint density at radius 2 is 2.00 bits per heavy atom. The van der Waals surface area contributed by atoms with Crippen molar-refractivity contribution in [3.05, 3.63) is 26.4 Å². The predicted octanol–water partition coefficient (Wildman–Crippen LogP) is 1.48. The highest BCUT2D eigenvalue weighted by Crippen LogP contribution is 2.29. The number of nitrogens with zero attached hydrogens (tertiary/aromatic N) is 3. The zero-order chi connectivity index (χ0) is 19.8. The molecular formula is C15H21N5O4S3. The molecule has 0 aliphatic rings. The maximum Gasteiger partial charge on any atom is 0.330 e. The van der Waals surface area contributed by atoms with Gasteiger partial charge in [-0.15, -0.1) is 10.2 Å². The predicted molar refractivity (Wildman–Crippen MR) is 108 cm³/mol. The van der Waals surface area contributed by atoms with Gasteiger partial charge in [-0.3, -0.25) is 19.1 Å². The van der Waals surface area contributed by atoms with Gasteiger partial charge in [0.25, 0.3) is 5.56 Å². The van der Waals surface area contributed by atoms with Crippen molar-refractivity contribution < 1.29 is 9.53 Å². The summed E-state index contributed by atoms with van der Waals surface area (Å²) in [5.74, 6) is 0.327. The van der Waals surface area contributed by atoms with Crippen molar-refractivity contribution in [2.24, 2.45) is 0 Å². The van der Waals surface area contributed by atoms with Gasteiger partial charge in [-0.2, -0.15) is 0 Å². The van der Waals surface area contributed by atoms with E-state index >= 15 is 0 Å². The highest BCUT2D eigenvalue weighted by molar-refractivity contribution is 8.03.